The summed E-state index contributed by atoms with van der Waals surface area (Å²) in [6, 6.07) is 0. The fourth-order valence-electron chi connectivity index (χ4n) is 1.98. The van der Waals surface area contributed by atoms with E-state index in [-0.39, 0.29) is 12.0 Å². The van der Waals surface area contributed by atoms with E-state index in [1.54, 1.807) is 6.92 Å². The number of hydroxylamine groups is 2. The largest absolute Gasteiger partial charge is 0.391 e. The van der Waals surface area contributed by atoms with Crippen LogP contribution in [-0.2, 0) is 9.63 Å². The zero-order valence-corrected chi connectivity index (χ0v) is 8.48. The Bertz CT molecular complexity index is 225. The molecule has 2 aliphatic rings. The number of aliphatic hydroxyl groups is 1. The van der Waals surface area contributed by atoms with Gasteiger partial charge in [-0.1, -0.05) is 6.42 Å². The first kappa shape index (κ1) is 9.93. The molecule has 80 valence electrons. The lowest BCUT2D eigenvalue weighted by atomic mass is 9.80. The van der Waals surface area contributed by atoms with Crippen molar-refractivity contribution >= 4 is 5.91 Å². The fraction of sp³-hybridized carbons (Fsp3) is 0.900. The van der Waals surface area contributed by atoms with Gasteiger partial charge in [0, 0.05) is 0 Å². The Morgan fingerprint density at radius 2 is 2.36 bits per heavy atom. The van der Waals surface area contributed by atoms with Gasteiger partial charge < -0.3 is 5.11 Å². The highest BCUT2D eigenvalue weighted by Gasteiger charge is 2.38. The molecule has 0 spiro atoms. The molecule has 14 heavy (non-hydrogen) atoms. The molecule has 2 rings (SSSR count). The Hall–Kier alpha value is -0.610. The molecular formula is C10H17NO3. The van der Waals surface area contributed by atoms with Crippen molar-refractivity contribution in [3.05, 3.63) is 0 Å². The van der Waals surface area contributed by atoms with E-state index >= 15 is 0 Å². The normalized spacial score (nSPS) is 30.6. The minimum atomic E-state index is -0.515. The van der Waals surface area contributed by atoms with Crippen molar-refractivity contribution in [2.75, 3.05) is 6.54 Å². The smallest absolute Gasteiger partial charge is 0.248 e. The van der Waals surface area contributed by atoms with Crippen LogP contribution in [0.4, 0.5) is 0 Å². The Kier molecular flexibility index (Phi) is 2.74. The van der Waals surface area contributed by atoms with E-state index in [0.717, 1.165) is 0 Å². The van der Waals surface area contributed by atoms with Crippen molar-refractivity contribution in [1.29, 1.82) is 0 Å². The van der Waals surface area contributed by atoms with Gasteiger partial charge in [-0.05, 0) is 25.7 Å². The molecule has 0 aromatic heterocycles. The number of carbonyl (C=O) groups is 1. The third-order valence-electron chi connectivity index (χ3n) is 3.02. The highest BCUT2D eigenvalue weighted by atomic mass is 16.7. The number of amides is 1. The van der Waals surface area contributed by atoms with Crippen molar-refractivity contribution in [3.63, 3.8) is 0 Å². The van der Waals surface area contributed by atoms with E-state index in [9.17, 15) is 4.79 Å². The molecule has 1 saturated carbocycles. The van der Waals surface area contributed by atoms with Crippen LogP contribution in [0.3, 0.4) is 0 Å². The van der Waals surface area contributed by atoms with Gasteiger partial charge in [-0.25, -0.2) is 5.06 Å². The fourth-order valence-corrected chi connectivity index (χ4v) is 1.98. The van der Waals surface area contributed by atoms with E-state index in [2.05, 4.69) is 0 Å². The molecule has 1 N–H and O–H groups in total. The molecule has 4 nitrogen and oxygen atoms in total. The maximum absolute atomic E-state index is 11.5. The van der Waals surface area contributed by atoms with Gasteiger partial charge in [-0.15, -0.1) is 0 Å². The average Bonchev–Trinajstić information content (AvgIpc) is 2.27. The topological polar surface area (TPSA) is 49.8 Å². The molecule has 0 aromatic rings. The second-order valence-electron chi connectivity index (χ2n) is 4.34. The summed E-state index contributed by atoms with van der Waals surface area (Å²) in [5, 5.41) is 10.5. The van der Waals surface area contributed by atoms with Crippen LogP contribution in [0.5, 0.6) is 0 Å². The van der Waals surface area contributed by atoms with Crippen LogP contribution >= 0.6 is 0 Å². The standard InChI is InChI=1S/C10H17NO3/c1-7(12)6-11-10(13)5-9(14-11)8-3-2-4-8/h7-9,12H,2-6H2,1H3. The average molecular weight is 199 g/mol. The Morgan fingerprint density at radius 1 is 1.64 bits per heavy atom. The van der Waals surface area contributed by atoms with Crippen LogP contribution in [0.15, 0.2) is 0 Å². The van der Waals surface area contributed by atoms with Gasteiger partial charge in [-0.2, -0.15) is 0 Å². The van der Waals surface area contributed by atoms with Gasteiger partial charge >= 0.3 is 0 Å². The van der Waals surface area contributed by atoms with E-state index in [1.807, 2.05) is 0 Å². The predicted molar refractivity (Wildman–Crippen MR) is 50.2 cm³/mol. The van der Waals surface area contributed by atoms with Gasteiger partial charge in [0.25, 0.3) is 0 Å². The second kappa shape index (κ2) is 3.87. The van der Waals surface area contributed by atoms with Gasteiger partial charge in [0.15, 0.2) is 0 Å². The van der Waals surface area contributed by atoms with E-state index in [0.29, 0.717) is 18.9 Å². The molecule has 1 saturated heterocycles. The Balaban J connectivity index is 1.86. The first-order valence-electron chi connectivity index (χ1n) is 5.32. The highest BCUT2D eigenvalue weighted by molar-refractivity contribution is 5.77. The van der Waals surface area contributed by atoms with E-state index in [4.69, 9.17) is 9.94 Å². The zero-order valence-electron chi connectivity index (χ0n) is 8.48. The molecule has 2 atom stereocenters. The lowest BCUT2D eigenvalue weighted by molar-refractivity contribution is -0.189. The number of nitrogens with zero attached hydrogens (tertiary/aromatic N) is 1. The summed E-state index contributed by atoms with van der Waals surface area (Å²) in [5.74, 6) is 0.584. The van der Waals surface area contributed by atoms with E-state index < -0.39 is 6.10 Å². The van der Waals surface area contributed by atoms with E-state index in [1.165, 1.54) is 24.3 Å². The van der Waals surface area contributed by atoms with Crippen LogP contribution < -0.4 is 0 Å². The predicted octanol–water partition coefficient (Wildman–Crippen LogP) is 0.700. The summed E-state index contributed by atoms with van der Waals surface area (Å²) in [6.07, 6.45) is 3.68. The molecule has 2 unspecified atom stereocenters. The van der Waals surface area contributed by atoms with Crippen molar-refractivity contribution < 1.29 is 14.7 Å². The molecular weight excluding hydrogens is 182 g/mol. The first-order chi connectivity index (χ1) is 6.66. The minimum absolute atomic E-state index is 0.0165. The Morgan fingerprint density at radius 3 is 2.86 bits per heavy atom. The summed E-state index contributed by atoms with van der Waals surface area (Å²) < 4.78 is 0. The number of hydrogen-bond donors (Lipinski definition) is 1. The highest BCUT2D eigenvalue weighted by Crippen LogP contribution is 2.35. The quantitative estimate of drug-likeness (QED) is 0.728. The molecule has 1 heterocycles. The molecule has 1 aliphatic carbocycles. The van der Waals surface area contributed by atoms with Crippen LogP contribution in [0, 0.1) is 5.92 Å². The lowest BCUT2D eigenvalue weighted by Crippen LogP contribution is -2.33. The van der Waals surface area contributed by atoms with Gasteiger partial charge in [0.05, 0.1) is 25.2 Å². The monoisotopic (exact) mass is 199 g/mol. The van der Waals surface area contributed by atoms with Gasteiger partial charge in [0.1, 0.15) is 0 Å². The van der Waals surface area contributed by atoms with Gasteiger partial charge in [-0.3, -0.25) is 9.63 Å². The zero-order chi connectivity index (χ0) is 10.1. The molecule has 1 amide bonds. The number of carbonyl (C=O) groups excluding carboxylic acids is 1. The van der Waals surface area contributed by atoms with Crippen molar-refractivity contribution in [2.45, 2.75) is 44.8 Å². The molecule has 4 heteroatoms. The summed E-state index contributed by atoms with van der Waals surface area (Å²) in [6.45, 7) is 1.95. The van der Waals surface area contributed by atoms with Crippen LogP contribution in [0.2, 0.25) is 0 Å². The summed E-state index contributed by atoms with van der Waals surface area (Å²) in [4.78, 5) is 17.0. The molecule has 0 radical (unpaired) electrons. The third-order valence-corrected chi connectivity index (χ3v) is 3.02. The number of rotatable bonds is 3. The van der Waals surface area contributed by atoms with Crippen LogP contribution in [0.1, 0.15) is 32.6 Å². The lowest BCUT2D eigenvalue weighted by Gasteiger charge is -2.30. The summed E-state index contributed by atoms with van der Waals surface area (Å²) in [7, 11) is 0. The molecule has 2 fully saturated rings. The Labute approximate surface area is 83.8 Å². The second-order valence-corrected chi connectivity index (χ2v) is 4.34. The first-order valence-corrected chi connectivity index (χ1v) is 5.32. The summed E-state index contributed by atoms with van der Waals surface area (Å²) in [5.41, 5.74) is 0. The molecule has 0 bridgehead atoms. The third kappa shape index (κ3) is 1.91. The number of hydrogen-bond acceptors (Lipinski definition) is 3. The van der Waals surface area contributed by atoms with Gasteiger partial charge in [0.2, 0.25) is 5.91 Å². The maximum atomic E-state index is 11.5. The minimum Gasteiger partial charge on any atom is -0.391 e. The van der Waals surface area contributed by atoms with Crippen molar-refractivity contribution in [2.24, 2.45) is 5.92 Å². The number of aliphatic hydroxyl groups excluding tert-OH is 1. The summed E-state index contributed by atoms with van der Waals surface area (Å²) >= 11 is 0. The SMILES string of the molecule is CC(O)CN1OC(C2CCC2)CC1=O. The number of β-amino-alcohol motifs (C(OH)–C–C–N with tert-alkyl or cyclic N) is 1. The van der Waals surface area contributed by atoms with Crippen LogP contribution in [0.25, 0.3) is 0 Å². The van der Waals surface area contributed by atoms with Crippen molar-refractivity contribution in [1.82, 2.24) is 5.06 Å². The van der Waals surface area contributed by atoms with Crippen LogP contribution in [-0.4, -0.2) is 34.8 Å². The maximum Gasteiger partial charge on any atom is 0.248 e. The van der Waals surface area contributed by atoms with Crippen molar-refractivity contribution in [3.8, 4) is 0 Å². The molecule has 1 aliphatic heterocycles. The molecule has 0 aromatic carbocycles.